The molecule has 0 spiro atoms. The molecule has 0 atom stereocenters. The van der Waals surface area contributed by atoms with Gasteiger partial charge in [0.15, 0.2) is 5.11 Å². The number of hydrogen-bond donors (Lipinski definition) is 1. The second-order valence-corrected chi connectivity index (χ2v) is 6.48. The van der Waals surface area contributed by atoms with E-state index in [1.54, 1.807) is 16.2 Å². The van der Waals surface area contributed by atoms with E-state index < -0.39 is 0 Å². The Labute approximate surface area is 144 Å². The van der Waals surface area contributed by atoms with Crippen LogP contribution in [-0.4, -0.2) is 35.7 Å². The lowest BCUT2D eigenvalue weighted by Crippen LogP contribution is -2.32. The average Bonchev–Trinajstić information content (AvgIpc) is 3.08. The van der Waals surface area contributed by atoms with Crippen LogP contribution in [0.15, 0.2) is 35.3 Å². The van der Waals surface area contributed by atoms with E-state index in [0.717, 1.165) is 17.4 Å². The normalized spacial score (nSPS) is 16.6. The van der Waals surface area contributed by atoms with E-state index >= 15 is 0 Å². The lowest BCUT2D eigenvalue weighted by molar-refractivity contribution is -0.122. The van der Waals surface area contributed by atoms with E-state index in [9.17, 15) is 4.79 Å². The summed E-state index contributed by atoms with van der Waals surface area (Å²) in [5.41, 5.74) is 1.58. The fourth-order valence-corrected chi connectivity index (χ4v) is 3.71. The van der Waals surface area contributed by atoms with Crippen molar-refractivity contribution in [2.75, 3.05) is 19.8 Å². The highest BCUT2D eigenvalue weighted by Crippen LogP contribution is 2.28. The molecule has 1 saturated heterocycles. The van der Waals surface area contributed by atoms with Crippen LogP contribution in [0.3, 0.4) is 0 Å². The third kappa shape index (κ3) is 3.44. The van der Waals surface area contributed by atoms with Gasteiger partial charge in [0.25, 0.3) is 5.91 Å². The van der Waals surface area contributed by atoms with Crippen molar-refractivity contribution in [3.63, 3.8) is 0 Å². The van der Waals surface area contributed by atoms with Crippen LogP contribution < -0.4 is 5.32 Å². The van der Waals surface area contributed by atoms with Crippen LogP contribution >= 0.6 is 23.6 Å². The van der Waals surface area contributed by atoms with Gasteiger partial charge in [-0.2, -0.15) is 0 Å². The topological polar surface area (TPSA) is 41.6 Å². The molecule has 1 N–H and O–H groups in total. The van der Waals surface area contributed by atoms with E-state index in [4.69, 9.17) is 17.0 Å². The van der Waals surface area contributed by atoms with E-state index in [2.05, 4.69) is 22.8 Å². The van der Waals surface area contributed by atoms with Gasteiger partial charge >= 0.3 is 0 Å². The zero-order valence-electron chi connectivity index (χ0n) is 12.9. The highest BCUT2D eigenvalue weighted by atomic mass is 32.1. The number of carbonyl (C=O) groups is 1. The maximum absolute atomic E-state index is 12.5. The van der Waals surface area contributed by atoms with Crippen LogP contribution in [0.2, 0.25) is 0 Å². The number of fused-ring (bicyclic) bond motifs is 1. The number of nitrogens with one attached hydrogen (secondary N) is 1. The van der Waals surface area contributed by atoms with Crippen LogP contribution in [0.4, 0.5) is 0 Å². The average molecular weight is 346 g/mol. The van der Waals surface area contributed by atoms with Gasteiger partial charge in [0, 0.05) is 24.5 Å². The van der Waals surface area contributed by atoms with Gasteiger partial charge in [-0.1, -0.05) is 18.2 Å². The summed E-state index contributed by atoms with van der Waals surface area (Å²) < 4.78 is 6.52. The molecule has 0 radical (unpaired) electrons. The number of benzene rings is 1. The molecule has 0 bridgehead atoms. The van der Waals surface area contributed by atoms with Gasteiger partial charge < -0.3 is 10.1 Å². The Bertz CT molecular complexity index is 767. The van der Waals surface area contributed by atoms with Crippen molar-refractivity contribution in [2.24, 2.45) is 0 Å². The Hall–Kier alpha value is -1.76. The first-order valence-corrected chi connectivity index (χ1v) is 8.88. The minimum Gasteiger partial charge on any atom is -0.382 e. The lowest BCUT2D eigenvalue weighted by Gasteiger charge is -2.13. The van der Waals surface area contributed by atoms with Crippen molar-refractivity contribution in [2.45, 2.75) is 13.3 Å². The lowest BCUT2D eigenvalue weighted by atomic mass is 10.1. The Morgan fingerprint density at radius 3 is 3.04 bits per heavy atom. The van der Waals surface area contributed by atoms with E-state index in [0.29, 0.717) is 30.6 Å². The van der Waals surface area contributed by atoms with Gasteiger partial charge in [-0.05, 0) is 54.0 Å². The third-order valence-corrected chi connectivity index (χ3v) is 4.95. The van der Waals surface area contributed by atoms with Crippen LogP contribution in [0, 0.1) is 0 Å². The highest BCUT2D eigenvalue weighted by Gasteiger charge is 2.30. The second kappa shape index (κ2) is 7.21. The molecular weight excluding hydrogens is 328 g/mol. The van der Waals surface area contributed by atoms with Crippen molar-refractivity contribution >= 4 is 50.7 Å². The fourth-order valence-electron chi connectivity index (χ4n) is 2.51. The summed E-state index contributed by atoms with van der Waals surface area (Å²) in [4.78, 5) is 14.1. The van der Waals surface area contributed by atoms with Crippen molar-refractivity contribution in [3.05, 3.63) is 40.9 Å². The minimum atomic E-state index is -0.0678. The molecule has 1 aromatic heterocycles. The third-order valence-electron chi connectivity index (χ3n) is 3.65. The summed E-state index contributed by atoms with van der Waals surface area (Å²) in [6.07, 6.45) is 2.66. The van der Waals surface area contributed by atoms with Crippen LogP contribution in [0.1, 0.15) is 18.9 Å². The van der Waals surface area contributed by atoms with Crippen molar-refractivity contribution in [1.82, 2.24) is 10.2 Å². The van der Waals surface area contributed by atoms with Crippen molar-refractivity contribution in [3.8, 4) is 0 Å². The Kier molecular flexibility index (Phi) is 5.05. The predicted molar refractivity (Wildman–Crippen MR) is 98.4 cm³/mol. The number of amides is 1. The first-order valence-electron chi connectivity index (χ1n) is 7.59. The molecule has 120 valence electrons. The van der Waals surface area contributed by atoms with Gasteiger partial charge in [0.1, 0.15) is 5.70 Å². The van der Waals surface area contributed by atoms with Gasteiger partial charge in [-0.25, -0.2) is 0 Å². The molecule has 0 aliphatic carbocycles. The molecule has 4 nitrogen and oxygen atoms in total. The number of ether oxygens (including phenoxy) is 1. The first kappa shape index (κ1) is 16.1. The zero-order valence-corrected chi connectivity index (χ0v) is 14.5. The number of thiophene rings is 1. The molecule has 6 heteroatoms. The van der Waals surface area contributed by atoms with E-state index in [-0.39, 0.29) is 5.91 Å². The SMILES string of the molecule is CCOCCCN1C(=O)/C(=C/c2csc3ccccc23)NC1=S. The molecule has 1 aliphatic heterocycles. The molecule has 23 heavy (non-hydrogen) atoms. The van der Waals surface area contributed by atoms with E-state index in [1.165, 1.54) is 4.70 Å². The number of hydrogen-bond acceptors (Lipinski definition) is 4. The summed E-state index contributed by atoms with van der Waals surface area (Å²) in [5.74, 6) is -0.0678. The predicted octanol–water partition coefficient (Wildman–Crippen LogP) is 3.39. The number of thiocarbonyl (C=S) groups is 1. The van der Waals surface area contributed by atoms with Crippen LogP contribution in [0.25, 0.3) is 16.2 Å². The highest BCUT2D eigenvalue weighted by molar-refractivity contribution is 7.80. The minimum absolute atomic E-state index is 0.0678. The molecule has 1 aliphatic rings. The summed E-state index contributed by atoms with van der Waals surface area (Å²) in [6, 6.07) is 8.17. The smallest absolute Gasteiger partial charge is 0.276 e. The van der Waals surface area contributed by atoms with Gasteiger partial charge in [0.2, 0.25) is 0 Å². The monoisotopic (exact) mass is 346 g/mol. The fraction of sp³-hybridized carbons (Fsp3) is 0.294. The van der Waals surface area contributed by atoms with Crippen LogP contribution in [-0.2, 0) is 9.53 Å². The number of carbonyl (C=O) groups excluding carboxylic acids is 1. The summed E-state index contributed by atoms with van der Waals surface area (Å²) in [5, 5.41) is 6.72. The zero-order chi connectivity index (χ0) is 16.2. The Morgan fingerprint density at radius 2 is 2.22 bits per heavy atom. The first-order chi connectivity index (χ1) is 11.2. The molecule has 3 rings (SSSR count). The number of rotatable bonds is 6. The molecule has 0 unspecified atom stereocenters. The van der Waals surface area contributed by atoms with Gasteiger partial charge in [-0.15, -0.1) is 11.3 Å². The molecular formula is C17H18N2O2S2. The maximum atomic E-state index is 12.5. The summed E-state index contributed by atoms with van der Waals surface area (Å²) in [6.45, 7) is 3.86. The summed E-state index contributed by atoms with van der Waals surface area (Å²) >= 11 is 6.95. The molecule has 2 aromatic rings. The molecule has 1 amide bonds. The Morgan fingerprint density at radius 1 is 1.39 bits per heavy atom. The molecule has 0 saturated carbocycles. The van der Waals surface area contributed by atoms with Gasteiger partial charge in [-0.3, -0.25) is 9.69 Å². The second-order valence-electron chi connectivity index (χ2n) is 5.18. The van der Waals surface area contributed by atoms with Crippen molar-refractivity contribution < 1.29 is 9.53 Å². The van der Waals surface area contributed by atoms with Crippen LogP contribution in [0.5, 0.6) is 0 Å². The van der Waals surface area contributed by atoms with E-state index in [1.807, 2.05) is 25.1 Å². The maximum Gasteiger partial charge on any atom is 0.276 e. The number of nitrogens with zero attached hydrogens (tertiary/aromatic N) is 1. The quantitative estimate of drug-likeness (QED) is 0.495. The largest absolute Gasteiger partial charge is 0.382 e. The molecule has 1 fully saturated rings. The standard InChI is InChI=1S/C17H18N2O2S2/c1-2-21-9-5-8-19-16(20)14(18-17(19)22)10-12-11-23-15-7-4-3-6-13(12)15/h3-4,6-7,10-11H,2,5,8-9H2,1H3,(H,18,22)/b14-10-. The summed E-state index contributed by atoms with van der Waals surface area (Å²) in [7, 11) is 0. The van der Waals surface area contributed by atoms with Crippen molar-refractivity contribution in [1.29, 1.82) is 0 Å². The van der Waals surface area contributed by atoms with Gasteiger partial charge in [0.05, 0.1) is 0 Å². The molecule has 2 heterocycles. The Balaban J connectivity index is 1.76. The molecule has 1 aromatic carbocycles.